The highest BCUT2D eigenvalue weighted by molar-refractivity contribution is 5.15. The number of hydrogen-bond donors (Lipinski definition) is 7. The van der Waals surface area contributed by atoms with Gasteiger partial charge in [-0.25, -0.2) is 0 Å². The minimum absolute atomic E-state index is 0. The van der Waals surface area contributed by atoms with Crippen molar-refractivity contribution in [3.8, 4) is 0 Å². The summed E-state index contributed by atoms with van der Waals surface area (Å²) in [7, 11) is 0. The molecule has 0 spiro atoms. The molecule has 1 rings (SSSR count). The summed E-state index contributed by atoms with van der Waals surface area (Å²) in [5, 5.41) is 0. The zero-order valence-corrected chi connectivity index (χ0v) is 44.9. The first-order valence-electron chi connectivity index (χ1n) is 23.8. The van der Waals surface area contributed by atoms with Gasteiger partial charge >= 0.3 is 0 Å². The van der Waals surface area contributed by atoms with Crippen LogP contribution in [0.3, 0.4) is 0 Å². The predicted molar refractivity (Wildman–Crippen MR) is 274 cm³/mol. The van der Waals surface area contributed by atoms with Crippen LogP contribution in [-0.4, -0.2) is 41.8 Å². The van der Waals surface area contributed by atoms with Gasteiger partial charge in [0.15, 0.2) is 0 Å². The van der Waals surface area contributed by atoms with Crippen LogP contribution in [0.4, 0.5) is 0 Å². The minimum atomic E-state index is 0. The topological polar surface area (TPSA) is 182 Å². The van der Waals surface area contributed by atoms with Crippen molar-refractivity contribution < 1.29 is 0 Å². The molecule has 7 heteroatoms. The Bertz CT molecular complexity index is 959. The van der Waals surface area contributed by atoms with Crippen molar-refractivity contribution >= 4 is 0 Å². The van der Waals surface area contributed by atoms with E-state index in [1.165, 1.54) is 12.0 Å². The molecule has 360 valence electrons. The summed E-state index contributed by atoms with van der Waals surface area (Å²) in [6.45, 7) is 53.7. The molecule has 0 saturated carbocycles. The molecule has 0 bridgehead atoms. The first-order chi connectivity index (χ1) is 26.4. The van der Waals surface area contributed by atoms with Crippen molar-refractivity contribution in [1.29, 1.82) is 0 Å². The molecule has 0 aliphatic heterocycles. The Kier molecular flexibility index (Phi) is 45.6. The molecule has 0 radical (unpaired) electrons. The van der Waals surface area contributed by atoms with Crippen LogP contribution in [-0.2, 0) is 6.42 Å². The van der Waals surface area contributed by atoms with Crippen molar-refractivity contribution in [2.24, 2.45) is 98.8 Å². The number of rotatable bonds is 14. The van der Waals surface area contributed by atoms with Gasteiger partial charge in [0.25, 0.3) is 0 Å². The quantitative estimate of drug-likeness (QED) is 0.0972. The third kappa shape index (κ3) is 49.5. The molecule has 0 aromatic heterocycles. The number of nitrogens with two attached hydrogens (primary N) is 7. The number of benzene rings is 1. The zero-order chi connectivity index (χ0) is 48.6. The predicted octanol–water partition coefficient (Wildman–Crippen LogP) is 12.0. The average Bonchev–Trinajstić information content (AvgIpc) is 3.10. The Morgan fingerprint density at radius 3 is 0.949 bits per heavy atom. The van der Waals surface area contributed by atoms with Gasteiger partial charge in [0, 0.05) is 41.8 Å². The van der Waals surface area contributed by atoms with E-state index >= 15 is 0 Å². The molecular weight excluding hydrogens is 723 g/mol. The Balaban J connectivity index is -0.000000141. The summed E-state index contributed by atoms with van der Waals surface area (Å²) in [5.74, 6) is 5.66. The van der Waals surface area contributed by atoms with Crippen molar-refractivity contribution in [2.45, 2.75) is 241 Å². The second-order valence-corrected chi connectivity index (χ2v) is 21.9. The SMILES string of the molecule is CC(C)C(C)(C)N.CC(C)C(C)N.CC(C)C(N)C(C)C.CC(C)C(N)Cc1ccccc1.CC(C)CC(N)C(C)(C)C.CCC(C)C(N)C(C)C.CCC(N)C(C)C. The van der Waals surface area contributed by atoms with E-state index < -0.39 is 0 Å². The van der Waals surface area contributed by atoms with E-state index in [0.29, 0.717) is 83.5 Å². The molecule has 0 aliphatic carbocycles. The maximum Gasteiger partial charge on any atom is 0.0120 e. The van der Waals surface area contributed by atoms with Crippen LogP contribution in [0.1, 0.15) is 198 Å². The lowest BCUT2D eigenvalue weighted by atomic mass is 9.83. The average molecular weight is 841 g/mol. The fraction of sp³-hybridized carbons (Fsp3) is 0.885. The van der Waals surface area contributed by atoms with E-state index in [9.17, 15) is 0 Å². The molecular formula is C52H117N7. The monoisotopic (exact) mass is 840 g/mol. The molecule has 0 amide bonds. The van der Waals surface area contributed by atoms with Gasteiger partial charge in [0.05, 0.1) is 0 Å². The van der Waals surface area contributed by atoms with E-state index in [-0.39, 0.29) is 17.0 Å². The summed E-state index contributed by atoms with van der Waals surface area (Å²) in [5.41, 5.74) is 41.9. The van der Waals surface area contributed by atoms with Gasteiger partial charge in [-0.05, 0) is 104 Å². The van der Waals surface area contributed by atoms with Gasteiger partial charge in [0.2, 0.25) is 0 Å². The lowest BCUT2D eigenvalue weighted by Crippen LogP contribution is -2.37. The summed E-state index contributed by atoms with van der Waals surface area (Å²) in [6, 6.07) is 12.5. The molecule has 0 heterocycles. The van der Waals surface area contributed by atoms with Gasteiger partial charge in [-0.15, -0.1) is 0 Å². The summed E-state index contributed by atoms with van der Waals surface area (Å²) >= 11 is 0. The second-order valence-electron chi connectivity index (χ2n) is 21.9. The van der Waals surface area contributed by atoms with Crippen LogP contribution < -0.4 is 40.1 Å². The molecule has 0 saturated heterocycles. The zero-order valence-electron chi connectivity index (χ0n) is 44.9. The minimum Gasteiger partial charge on any atom is -0.328 e. The van der Waals surface area contributed by atoms with Crippen LogP contribution in [0, 0.1) is 58.7 Å². The Labute approximate surface area is 374 Å². The summed E-state index contributed by atoms with van der Waals surface area (Å²) in [6.07, 6.45) is 4.40. The van der Waals surface area contributed by atoms with E-state index in [1.54, 1.807) is 0 Å². The van der Waals surface area contributed by atoms with Gasteiger partial charge in [-0.3, -0.25) is 0 Å². The molecule has 59 heavy (non-hydrogen) atoms. The maximum atomic E-state index is 5.95. The maximum absolute atomic E-state index is 5.95. The molecule has 6 atom stereocenters. The summed E-state index contributed by atoms with van der Waals surface area (Å²) < 4.78 is 0. The van der Waals surface area contributed by atoms with Gasteiger partial charge in [-0.1, -0.05) is 189 Å². The van der Waals surface area contributed by atoms with E-state index in [1.807, 2.05) is 26.8 Å². The molecule has 14 N–H and O–H groups in total. The van der Waals surface area contributed by atoms with Gasteiger partial charge < -0.3 is 40.1 Å². The van der Waals surface area contributed by atoms with Gasteiger partial charge in [-0.2, -0.15) is 0 Å². The highest BCUT2D eigenvalue weighted by Gasteiger charge is 2.21. The van der Waals surface area contributed by atoms with Crippen molar-refractivity contribution in [3.05, 3.63) is 35.9 Å². The Morgan fingerprint density at radius 1 is 0.475 bits per heavy atom. The lowest BCUT2D eigenvalue weighted by molar-refractivity contribution is 0.281. The van der Waals surface area contributed by atoms with Crippen molar-refractivity contribution in [2.75, 3.05) is 0 Å². The lowest BCUT2D eigenvalue weighted by Gasteiger charge is -2.28. The molecule has 7 nitrogen and oxygen atoms in total. The smallest absolute Gasteiger partial charge is 0.0120 e. The number of hydrogen-bond acceptors (Lipinski definition) is 7. The molecule has 6 unspecified atom stereocenters. The van der Waals surface area contributed by atoms with Crippen LogP contribution in [0.5, 0.6) is 0 Å². The van der Waals surface area contributed by atoms with Crippen molar-refractivity contribution in [1.82, 2.24) is 0 Å². The molecule has 0 fully saturated rings. The first-order valence-corrected chi connectivity index (χ1v) is 23.8. The van der Waals surface area contributed by atoms with E-state index in [2.05, 4.69) is 177 Å². The second kappa shape index (κ2) is 38.6. The van der Waals surface area contributed by atoms with Crippen LogP contribution >= 0.6 is 0 Å². The van der Waals surface area contributed by atoms with Gasteiger partial charge in [0.1, 0.15) is 0 Å². The first kappa shape index (κ1) is 69.6. The molecule has 0 aliphatic rings. The highest BCUT2D eigenvalue weighted by atomic mass is 14.7. The van der Waals surface area contributed by atoms with E-state index in [4.69, 9.17) is 40.1 Å². The fourth-order valence-electron chi connectivity index (χ4n) is 4.15. The third-order valence-corrected chi connectivity index (χ3v) is 11.5. The molecule has 1 aromatic rings. The van der Waals surface area contributed by atoms with Crippen LogP contribution in [0.2, 0.25) is 0 Å². The third-order valence-electron chi connectivity index (χ3n) is 11.5. The normalized spacial score (nSPS) is 14.7. The van der Waals surface area contributed by atoms with Crippen LogP contribution in [0.25, 0.3) is 0 Å². The Hall–Kier alpha value is -1.06. The Morgan fingerprint density at radius 2 is 0.814 bits per heavy atom. The fourth-order valence-corrected chi connectivity index (χ4v) is 4.15. The standard InChI is InChI=1S/C11H17N.C9H21N.C8H19N.C7H17N.2C6H15N.C5H13N/c1-9(2)11(12)8-10-6-4-3-5-7-10;1-7(2)6-8(10)9(3,4)5;1-5-7(4)8(9)6(2)3;1-5(2)7(8)6(3)4;1-5(2)6(3,4)7;1-4-6(7)5(2)3;1-4(2)5(3)6/h3-7,9,11H,8,12H2,1-2H3;7-8H,6,10H2,1-5H3;6-8H,5,9H2,1-4H3;5-7H,8H2,1-4H3;5H,7H2,1-4H3;5-6H,4,7H2,1-3H3;4-5H,6H2,1-3H3. The van der Waals surface area contributed by atoms with E-state index in [0.717, 1.165) is 19.3 Å². The van der Waals surface area contributed by atoms with Crippen molar-refractivity contribution in [3.63, 3.8) is 0 Å². The molecule has 1 aromatic carbocycles. The van der Waals surface area contributed by atoms with Crippen LogP contribution in [0.15, 0.2) is 30.3 Å². The largest absolute Gasteiger partial charge is 0.328 e. The summed E-state index contributed by atoms with van der Waals surface area (Å²) in [4.78, 5) is 0. The highest BCUT2D eigenvalue weighted by Crippen LogP contribution is 2.22.